The fourth-order valence-corrected chi connectivity index (χ4v) is 3.52. The summed E-state index contributed by atoms with van der Waals surface area (Å²) >= 11 is 0. The number of para-hydroxylation sites is 1. The largest absolute Gasteiger partial charge is 0.376 e. The average Bonchev–Trinajstić information content (AvgIpc) is 3.35. The van der Waals surface area contributed by atoms with Crippen LogP contribution in [0.3, 0.4) is 0 Å². The molecule has 4 rings (SSSR count). The first-order chi connectivity index (χ1) is 11.8. The number of amides is 1. The van der Waals surface area contributed by atoms with Crippen LogP contribution in [0, 0.1) is 0 Å². The Kier molecular flexibility index (Phi) is 4.23. The van der Waals surface area contributed by atoms with Gasteiger partial charge in [0.25, 0.3) is 5.91 Å². The summed E-state index contributed by atoms with van der Waals surface area (Å²) < 4.78 is 5.72. The van der Waals surface area contributed by atoms with Gasteiger partial charge in [-0.1, -0.05) is 18.2 Å². The zero-order valence-electron chi connectivity index (χ0n) is 14.2. The highest BCUT2D eigenvalue weighted by molar-refractivity contribution is 6.06. The number of rotatable bonds is 5. The Balaban J connectivity index is 1.68. The minimum atomic E-state index is 0.105. The molecule has 2 aliphatic rings. The van der Waals surface area contributed by atoms with Crippen LogP contribution in [0.1, 0.15) is 54.6 Å². The van der Waals surface area contributed by atoms with Gasteiger partial charge in [0.05, 0.1) is 17.2 Å². The Morgan fingerprint density at radius 3 is 2.83 bits per heavy atom. The molecule has 2 fully saturated rings. The first-order valence-electron chi connectivity index (χ1n) is 9.07. The molecule has 2 heterocycles. The van der Waals surface area contributed by atoms with Crippen molar-refractivity contribution in [3.8, 4) is 0 Å². The lowest BCUT2D eigenvalue weighted by molar-refractivity contribution is 0.0540. The predicted molar refractivity (Wildman–Crippen MR) is 94.3 cm³/mol. The van der Waals surface area contributed by atoms with E-state index in [2.05, 4.69) is 0 Å². The van der Waals surface area contributed by atoms with Gasteiger partial charge in [0, 0.05) is 36.7 Å². The Morgan fingerprint density at radius 1 is 1.29 bits per heavy atom. The third-order valence-electron chi connectivity index (χ3n) is 5.08. The van der Waals surface area contributed by atoms with Crippen molar-refractivity contribution in [3.05, 3.63) is 41.6 Å². The van der Waals surface area contributed by atoms with Crippen molar-refractivity contribution in [2.24, 2.45) is 0 Å². The minimum absolute atomic E-state index is 0.105. The monoisotopic (exact) mass is 324 g/mol. The molecular formula is C20H24N2O2. The molecule has 1 aliphatic carbocycles. The van der Waals surface area contributed by atoms with Crippen LogP contribution < -0.4 is 0 Å². The lowest BCUT2D eigenvalue weighted by Gasteiger charge is -2.25. The number of hydrogen-bond acceptors (Lipinski definition) is 3. The standard InChI is InChI=1S/C20H24N2O2/c1-2-22(13-15-6-5-11-24-15)20(23)17-12-19(14-9-10-14)21-18-8-4-3-7-16(17)18/h3-4,7-8,12,14-15H,2,5-6,9-11,13H2,1H3/t15-/m0/s1. The van der Waals surface area contributed by atoms with Gasteiger partial charge in [-0.2, -0.15) is 0 Å². The van der Waals surface area contributed by atoms with E-state index in [9.17, 15) is 4.79 Å². The summed E-state index contributed by atoms with van der Waals surface area (Å²) in [6, 6.07) is 10.0. The number of nitrogens with zero attached hydrogens (tertiary/aromatic N) is 2. The molecule has 126 valence electrons. The number of carbonyl (C=O) groups is 1. The number of likely N-dealkylation sites (N-methyl/N-ethyl adjacent to an activating group) is 1. The summed E-state index contributed by atoms with van der Waals surface area (Å²) in [5.74, 6) is 0.642. The molecule has 0 N–H and O–H groups in total. The molecule has 2 aromatic rings. The predicted octanol–water partition coefficient (Wildman–Crippen LogP) is 3.75. The van der Waals surface area contributed by atoms with E-state index in [1.54, 1.807) is 0 Å². The number of fused-ring (bicyclic) bond motifs is 1. The second-order valence-electron chi connectivity index (χ2n) is 6.86. The SMILES string of the molecule is CCN(C[C@@H]1CCCO1)C(=O)c1cc(C2CC2)nc2ccccc12. The normalized spacial score (nSPS) is 20.5. The quantitative estimate of drug-likeness (QED) is 0.841. The van der Waals surface area contributed by atoms with Gasteiger partial charge in [-0.05, 0) is 44.7 Å². The molecule has 24 heavy (non-hydrogen) atoms. The number of aromatic nitrogens is 1. The van der Waals surface area contributed by atoms with Crippen LogP contribution in [-0.4, -0.2) is 41.6 Å². The lowest BCUT2D eigenvalue weighted by atomic mass is 10.0. The van der Waals surface area contributed by atoms with Crippen LogP contribution in [0.4, 0.5) is 0 Å². The van der Waals surface area contributed by atoms with Crippen LogP contribution in [0.15, 0.2) is 30.3 Å². The van der Waals surface area contributed by atoms with Gasteiger partial charge < -0.3 is 9.64 Å². The molecule has 1 saturated heterocycles. The molecule has 1 aromatic heterocycles. The maximum absolute atomic E-state index is 13.2. The number of carbonyl (C=O) groups excluding carboxylic acids is 1. The lowest BCUT2D eigenvalue weighted by Crippen LogP contribution is -2.37. The molecule has 0 bridgehead atoms. The summed E-state index contributed by atoms with van der Waals surface area (Å²) in [5.41, 5.74) is 2.80. The van der Waals surface area contributed by atoms with Crippen LogP contribution in [0.5, 0.6) is 0 Å². The summed E-state index contributed by atoms with van der Waals surface area (Å²) in [7, 11) is 0. The summed E-state index contributed by atoms with van der Waals surface area (Å²) in [4.78, 5) is 19.9. The highest BCUT2D eigenvalue weighted by atomic mass is 16.5. The van der Waals surface area contributed by atoms with Crippen LogP contribution >= 0.6 is 0 Å². The molecule has 1 aromatic carbocycles. The third-order valence-corrected chi connectivity index (χ3v) is 5.08. The Labute approximate surface area is 142 Å². The van der Waals surface area contributed by atoms with Crippen LogP contribution in [0.2, 0.25) is 0 Å². The highest BCUT2D eigenvalue weighted by Crippen LogP contribution is 2.40. The van der Waals surface area contributed by atoms with Crippen molar-refractivity contribution in [1.82, 2.24) is 9.88 Å². The zero-order chi connectivity index (χ0) is 16.5. The summed E-state index contributed by atoms with van der Waals surface area (Å²) in [5, 5.41) is 0.956. The van der Waals surface area contributed by atoms with Gasteiger partial charge in [0.15, 0.2) is 0 Å². The smallest absolute Gasteiger partial charge is 0.254 e. The first-order valence-corrected chi connectivity index (χ1v) is 9.07. The molecule has 4 heteroatoms. The van der Waals surface area contributed by atoms with Crippen molar-refractivity contribution >= 4 is 16.8 Å². The van der Waals surface area contributed by atoms with Crippen molar-refractivity contribution in [1.29, 1.82) is 0 Å². The van der Waals surface area contributed by atoms with Crippen molar-refractivity contribution in [2.45, 2.75) is 44.6 Å². The van der Waals surface area contributed by atoms with E-state index >= 15 is 0 Å². The van der Waals surface area contributed by atoms with Gasteiger partial charge in [-0.3, -0.25) is 9.78 Å². The van der Waals surface area contributed by atoms with E-state index in [4.69, 9.17) is 9.72 Å². The maximum Gasteiger partial charge on any atom is 0.254 e. The molecule has 1 amide bonds. The van der Waals surface area contributed by atoms with Crippen molar-refractivity contribution in [3.63, 3.8) is 0 Å². The number of ether oxygens (including phenoxy) is 1. The van der Waals surface area contributed by atoms with E-state index < -0.39 is 0 Å². The number of benzene rings is 1. The highest BCUT2D eigenvalue weighted by Gasteiger charge is 2.28. The molecule has 4 nitrogen and oxygen atoms in total. The third kappa shape index (κ3) is 3.03. The molecule has 0 radical (unpaired) electrons. The fourth-order valence-electron chi connectivity index (χ4n) is 3.52. The Bertz CT molecular complexity index is 748. The molecule has 1 saturated carbocycles. The molecule has 1 aliphatic heterocycles. The Hall–Kier alpha value is -1.94. The molecule has 0 spiro atoms. The summed E-state index contributed by atoms with van der Waals surface area (Å²) in [6.07, 6.45) is 4.71. The van der Waals surface area contributed by atoms with E-state index in [0.29, 0.717) is 19.0 Å². The topological polar surface area (TPSA) is 42.4 Å². The number of pyridine rings is 1. The van der Waals surface area contributed by atoms with E-state index in [0.717, 1.165) is 41.6 Å². The molecule has 0 unspecified atom stereocenters. The Morgan fingerprint density at radius 2 is 2.12 bits per heavy atom. The van der Waals surface area contributed by atoms with E-state index in [-0.39, 0.29) is 12.0 Å². The second kappa shape index (κ2) is 6.52. The van der Waals surface area contributed by atoms with E-state index in [1.165, 1.54) is 12.8 Å². The van der Waals surface area contributed by atoms with Gasteiger partial charge in [-0.25, -0.2) is 0 Å². The molecule has 1 atom stereocenters. The van der Waals surface area contributed by atoms with Crippen molar-refractivity contribution < 1.29 is 9.53 Å². The van der Waals surface area contributed by atoms with Gasteiger partial charge in [0.1, 0.15) is 0 Å². The first kappa shape index (κ1) is 15.6. The number of hydrogen-bond donors (Lipinski definition) is 0. The minimum Gasteiger partial charge on any atom is -0.376 e. The maximum atomic E-state index is 13.2. The van der Waals surface area contributed by atoms with Gasteiger partial charge in [-0.15, -0.1) is 0 Å². The van der Waals surface area contributed by atoms with Crippen molar-refractivity contribution in [2.75, 3.05) is 19.7 Å². The second-order valence-corrected chi connectivity index (χ2v) is 6.86. The van der Waals surface area contributed by atoms with E-state index in [1.807, 2.05) is 42.2 Å². The van der Waals surface area contributed by atoms with Crippen LogP contribution in [-0.2, 0) is 4.74 Å². The zero-order valence-corrected chi connectivity index (χ0v) is 14.2. The average molecular weight is 324 g/mol. The summed E-state index contributed by atoms with van der Waals surface area (Å²) in [6.45, 7) is 4.25. The van der Waals surface area contributed by atoms with Gasteiger partial charge in [0.2, 0.25) is 0 Å². The molecular weight excluding hydrogens is 300 g/mol. The fraction of sp³-hybridized carbons (Fsp3) is 0.500. The van der Waals surface area contributed by atoms with Gasteiger partial charge >= 0.3 is 0 Å². The van der Waals surface area contributed by atoms with Crippen LogP contribution in [0.25, 0.3) is 10.9 Å².